The number of rotatable bonds is 1. The average molecular weight is 419 g/mol. The number of nitrogens with zero attached hydrogens (tertiary/aromatic N) is 2. The summed E-state index contributed by atoms with van der Waals surface area (Å²) in [5.74, 6) is -2.91. The number of nitrogens with one attached hydrogen (secondary N) is 1. The van der Waals surface area contributed by atoms with Crippen molar-refractivity contribution in [2.75, 3.05) is 16.8 Å². The van der Waals surface area contributed by atoms with Crippen molar-refractivity contribution in [3.63, 3.8) is 0 Å². The molecule has 3 amide bonds. The molecular weight excluding hydrogens is 397 g/mol. The standard InChI is InChI=1S/C24H22FN3O3/c1-12-5-7-15(10-13(12)2)28-21(29)19-18-4-3-9-27(18)24(20(19)22(28)30)16-11-14(25)6-8-17(16)26-23(24)31/h5-8,10-11,18-20H,3-4,9H2,1-2H3,(H,26,31)/t18-,19+,20-,24-/m0/s1. The van der Waals surface area contributed by atoms with Crippen LogP contribution in [0.4, 0.5) is 15.8 Å². The monoisotopic (exact) mass is 419 g/mol. The first kappa shape index (κ1) is 18.7. The van der Waals surface area contributed by atoms with E-state index in [1.54, 1.807) is 6.07 Å². The molecule has 1 N–H and O–H groups in total. The Labute approximate surface area is 179 Å². The number of amides is 3. The van der Waals surface area contributed by atoms with Crippen molar-refractivity contribution in [1.82, 2.24) is 4.90 Å². The zero-order chi connectivity index (χ0) is 21.7. The van der Waals surface area contributed by atoms with Crippen LogP contribution >= 0.6 is 0 Å². The first-order valence-corrected chi connectivity index (χ1v) is 10.7. The number of carbonyl (C=O) groups excluding carboxylic acids is 3. The second-order valence-electron chi connectivity index (χ2n) is 9.10. The van der Waals surface area contributed by atoms with Gasteiger partial charge in [-0.15, -0.1) is 0 Å². The molecule has 0 bridgehead atoms. The van der Waals surface area contributed by atoms with Gasteiger partial charge in [0.1, 0.15) is 11.4 Å². The maximum absolute atomic E-state index is 14.3. The number of halogens is 1. The second-order valence-corrected chi connectivity index (χ2v) is 9.10. The SMILES string of the molecule is Cc1ccc(N2C(=O)[C@H]3[C@@H](C2=O)[C@@]2(C(=O)Nc4ccc(F)cc42)N2CCC[C@@H]32)cc1C. The van der Waals surface area contributed by atoms with Gasteiger partial charge in [0.15, 0.2) is 0 Å². The predicted molar refractivity (Wildman–Crippen MR) is 112 cm³/mol. The molecule has 4 atom stereocenters. The fraction of sp³-hybridized carbons (Fsp3) is 0.375. The van der Waals surface area contributed by atoms with Crippen LogP contribution in [-0.2, 0) is 19.9 Å². The smallest absolute Gasteiger partial charge is 0.250 e. The minimum Gasteiger partial charge on any atom is -0.324 e. The number of carbonyl (C=O) groups is 3. The van der Waals surface area contributed by atoms with Crippen LogP contribution in [0.5, 0.6) is 0 Å². The van der Waals surface area contributed by atoms with Gasteiger partial charge in [0.25, 0.3) is 0 Å². The third-order valence-electron chi connectivity index (χ3n) is 7.70. The maximum Gasteiger partial charge on any atom is 0.250 e. The Balaban J connectivity index is 1.56. The molecular formula is C24H22FN3O3. The Bertz CT molecular complexity index is 1190. The summed E-state index contributed by atoms with van der Waals surface area (Å²) in [5, 5.41) is 2.86. The van der Waals surface area contributed by atoms with E-state index < -0.39 is 23.2 Å². The highest BCUT2D eigenvalue weighted by Crippen LogP contribution is 2.60. The molecule has 6 rings (SSSR count). The largest absolute Gasteiger partial charge is 0.324 e. The average Bonchev–Trinajstić information content (AvgIpc) is 3.43. The first-order valence-electron chi connectivity index (χ1n) is 10.7. The van der Waals surface area contributed by atoms with E-state index in [1.165, 1.54) is 23.1 Å². The number of anilines is 2. The van der Waals surface area contributed by atoms with Crippen LogP contribution in [0.15, 0.2) is 36.4 Å². The van der Waals surface area contributed by atoms with Crippen LogP contribution < -0.4 is 10.2 Å². The zero-order valence-electron chi connectivity index (χ0n) is 17.3. The van der Waals surface area contributed by atoms with Crippen molar-refractivity contribution in [2.45, 2.75) is 38.3 Å². The van der Waals surface area contributed by atoms with Gasteiger partial charge in [0.2, 0.25) is 17.7 Å². The molecule has 1 spiro atoms. The Morgan fingerprint density at radius 3 is 2.61 bits per heavy atom. The molecule has 158 valence electrons. The molecule has 3 fully saturated rings. The summed E-state index contributed by atoms with van der Waals surface area (Å²) in [7, 11) is 0. The molecule has 3 saturated heterocycles. The van der Waals surface area contributed by atoms with E-state index in [0.29, 0.717) is 23.5 Å². The summed E-state index contributed by atoms with van der Waals surface area (Å²) in [6, 6.07) is 9.49. The van der Waals surface area contributed by atoms with Crippen LogP contribution in [0, 0.1) is 31.5 Å². The van der Waals surface area contributed by atoms with Gasteiger partial charge in [-0.2, -0.15) is 0 Å². The van der Waals surface area contributed by atoms with Crippen LogP contribution in [-0.4, -0.2) is 35.2 Å². The lowest BCUT2D eigenvalue weighted by Crippen LogP contribution is -2.54. The Morgan fingerprint density at radius 1 is 1.03 bits per heavy atom. The molecule has 0 radical (unpaired) electrons. The van der Waals surface area contributed by atoms with Crippen LogP contribution in [0.2, 0.25) is 0 Å². The van der Waals surface area contributed by atoms with Gasteiger partial charge in [-0.25, -0.2) is 9.29 Å². The van der Waals surface area contributed by atoms with E-state index in [0.717, 1.165) is 24.0 Å². The van der Waals surface area contributed by atoms with Gasteiger partial charge in [0.05, 0.1) is 17.5 Å². The number of benzene rings is 2. The highest BCUT2D eigenvalue weighted by atomic mass is 19.1. The van der Waals surface area contributed by atoms with Crippen molar-refractivity contribution in [2.24, 2.45) is 11.8 Å². The third kappa shape index (κ3) is 2.12. The van der Waals surface area contributed by atoms with Crippen LogP contribution in [0.25, 0.3) is 0 Å². The van der Waals surface area contributed by atoms with Gasteiger partial charge in [-0.1, -0.05) is 6.07 Å². The number of aryl methyl sites for hydroxylation is 2. The van der Waals surface area contributed by atoms with E-state index in [2.05, 4.69) is 5.32 Å². The quantitative estimate of drug-likeness (QED) is 0.722. The molecule has 2 aromatic rings. The Morgan fingerprint density at radius 2 is 1.84 bits per heavy atom. The summed E-state index contributed by atoms with van der Waals surface area (Å²) in [4.78, 5) is 44.2. The van der Waals surface area contributed by atoms with Crippen molar-refractivity contribution in [3.8, 4) is 0 Å². The normalized spacial score (nSPS) is 31.4. The molecule has 6 nitrogen and oxygen atoms in total. The van der Waals surface area contributed by atoms with Crippen LogP contribution in [0.3, 0.4) is 0 Å². The molecule has 4 aliphatic rings. The van der Waals surface area contributed by atoms with Gasteiger partial charge in [-0.05, 0) is 74.7 Å². The summed E-state index contributed by atoms with van der Waals surface area (Å²) in [5.41, 5.74) is 2.23. The Hall–Kier alpha value is -3.06. The zero-order valence-corrected chi connectivity index (χ0v) is 17.3. The highest BCUT2D eigenvalue weighted by Gasteiger charge is 2.74. The number of hydrogen-bond donors (Lipinski definition) is 1. The predicted octanol–water partition coefficient (Wildman–Crippen LogP) is 2.87. The minimum absolute atomic E-state index is 0.210. The molecule has 4 heterocycles. The van der Waals surface area contributed by atoms with E-state index in [4.69, 9.17) is 0 Å². The molecule has 2 aromatic carbocycles. The van der Waals surface area contributed by atoms with Crippen LogP contribution in [0.1, 0.15) is 29.5 Å². The number of fused-ring (bicyclic) bond motifs is 7. The highest BCUT2D eigenvalue weighted by molar-refractivity contribution is 6.25. The molecule has 7 heteroatoms. The van der Waals surface area contributed by atoms with Gasteiger partial charge < -0.3 is 5.32 Å². The summed E-state index contributed by atoms with van der Waals surface area (Å²) in [6.07, 6.45) is 1.57. The fourth-order valence-corrected chi connectivity index (χ4v) is 6.29. The molecule has 0 saturated carbocycles. The van der Waals surface area contributed by atoms with Crippen molar-refractivity contribution in [3.05, 3.63) is 58.9 Å². The lowest BCUT2D eigenvalue weighted by Gasteiger charge is -2.36. The molecule has 31 heavy (non-hydrogen) atoms. The maximum atomic E-state index is 14.3. The van der Waals surface area contributed by atoms with E-state index in [1.807, 2.05) is 30.9 Å². The molecule has 0 aliphatic carbocycles. The van der Waals surface area contributed by atoms with Crippen molar-refractivity contribution >= 4 is 29.1 Å². The Kier molecular flexibility index (Phi) is 3.62. The van der Waals surface area contributed by atoms with Crippen molar-refractivity contribution in [1.29, 1.82) is 0 Å². The summed E-state index contributed by atoms with van der Waals surface area (Å²) < 4.78 is 14.3. The number of imide groups is 1. The lowest BCUT2D eigenvalue weighted by atomic mass is 9.75. The first-order chi connectivity index (χ1) is 14.9. The van der Waals surface area contributed by atoms with Gasteiger partial charge >= 0.3 is 0 Å². The molecule has 4 aliphatic heterocycles. The van der Waals surface area contributed by atoms with E-state index in [9.17, 15) is 18.8 Å². The lowest BCUT2D eigenvalue weighted by molar-refractivity contribution is -0.135. The third-order valence-corrected chi connectivity index (χ3v) is 7.70. The van der Waals surface area contributed by atoms with Crippen molar-refractivity contribution < 1.29 is 18.8 Å². The van der Waals surface area contributed by atoms with E-state index >= 15 is 0 Å². The molecule has 0 aromatic heterocycles. The van der Waals surface area contributed by atoms with E-state index in [-0.39, 0.29) is 23.8 Å². The fourth-order valence-electron chi connectivity index (χ4n) is 6.29. The second kappa shape index (κ2) is 6.01. The summed E-state index contributed by atoms with van der Waals surface area (Å²) >= 11 is 0. The molecule has 0 unspecified atom stereocenters. The number of hydrogen-bond acceptors (Lipinski definition) is 4. The van der Waals surface area contributed by atoms with Gasteiger partial charge in [0, 0.05) is 17.3 Å². The van der Waals surface area contributed by atoms with Gasteiger partial charge in [-0.3, -0.25) is 19.3 Å². The minimum atomic E-state index is -1.34. The topological polar surface area (TPSA) is 69.7 Å². The summed E-state index contributed by atoms with van der Waals surface area (Å²) in [6.45, 7) is 4.51.